The normalized spacial score (nSPS) is 12.1. The number of rotatable bonds is 6. The van der Waals surface area contributed by atoms with Gasteiger partial charge in [-0.25, -0.2) is 0 Å². The molecule has 2 rings (SSSR count). The zero-order valence-electron chi connectivity index (χ0n) is 12.4. The van der Waals surface area contributed by atoms with E-state index in [1.54, 1.807) is 0 Å². The highest BCUT2D eigenvalue weighted by Gasteiger charge is 2.13. The monoisotopic (exact) mass is 321 g/mol. The van der Waals surface area contributed by atoms with Gasteiger partial charge in [-0.3, -0.25) is 4.79 Å². The summed E-state index contributed by atoms with van der Waals surface area (Å²) in [6.45, 7) is 6.04. The fourth-order valence-electron chi connectivity index (χ4n) is 1.92. The molecule has 0 aliphatic carbocycles. The van der Waals surface area contributed by atoms with Gasteiger partial charge in [-0.15, -0.1) is 10.2 Å². The highest BCUT2D eigenvalue weighted by atomic mass is 32.2. The molecule has 2 aromatic rings. The molecule has 0 bridgehead atoms. The Balaban J connectivity index is 1.89. The van der Waals surface area contributed by atoms with Gasteiger partial charge in [-0.1, -0.05) is 59.9 Å². The van der Waals surface area contributed by atoms with Crippen LogP contribution in [0.1, 0.15) is 35.5 Å². The van der Waals surface area contributed by atoms with Crippen LogP contribution in [0.4, 0.5) is 0 Å². The molecule has 4 nitrogen and oxygen atoms in total. The number of aryl methyl sites for hydroxylation is 2. The lowest BCUT2D eigenvalue weighted by atomic mass is 10.0. The van der Waals surface area contributed by atoms with Gasteiger partial charge in [0.2, 0.25) is 5.91 Å². The van der Waals surface area contributed by atoms with Crippen LogP contribution in [0.5, 0.6) is 0 Å². The molecule has 1 aromatic heterocycles. The Morgan fingerprint density at radius 2 is 2.00 bits per heavy atom. The van der Waals surface area contributed by atoms with E-state index in [1.807, 2.05) is 6.92 Å². The maximum Gasteiger partial charge on any atom is 0.230 e. The van der Waals surface area contributed by atoms with E-state index >= 15 is 0 Å². The molecule has 0 saturated carbocycles. The molecule has 0 radical (unpaired) electrons. The first-order valence-electron chi connectivity index (χ1n) is 6.87. The second-order valence-corrected chi connectivity index (χ2v) is 7.22. The van der Waals surface area contributed by atoms with E-state index in [9.17, 15) is 4.79 Å². The lowest BCUT2D eigenvalue weighted by molar-refractivity contribution is -0.119. The molecule has 0 fully saturated rings. The lowest BCUT2D eigenvalue weighted by Crippen LogP contribution is -2.29. The van der Waals surface area contributed by atoms with Crippen molar-refractivity contribution in [2.24, 2.45) is 0 Å². The number of carbonyl (C=O) groups is 1. The SMILES string of the molecule is CC[C@@H](NC(=O)CSc1nnc(C)s1)c1ccc(C)cc1. The minimum absolute atomic E-state index is 0.0280. The van der Waals surface area contributed by atoms with Gasteiger partial charge in [0.15, 0.2) is 4.34 Å². The Hall–Kier alpha value is -1.40. The van der Waals surface area contributed by atoms with Gasteiger partial charge in [0.05, 0.1) is 11.8 Å². The number of nitrogens with one attached hydrogen (secondary N) is 1. The number of hydrogen-bond donors (Lipinski definition) is 1. The largest absolute Gasteiger partial charge is 0.349 e. The van der Waals surface area contributed by atoms with Gasteiger partial charge >= 0.3 is 0 Å². The van der Waals surface area contributed by atoms with E-state index in [-0.39, 0.29) is 11.9 Å². The molecule has 0 aliphatic rings. The van der Waals surface area contributed by atoms with Crippen LogP contribution in [0.2, 0.25) is 0 Å². The average molecular weight is 321 g/mol. The maximum atomic E-state index is 12.1. The summed E-state index contributed by atoms with van der Waals surface area (Å²) in [5.74, 6) is 0.400. The van der Waals surface area contributed by atoms with Crippen molar-refractivity contribution in [2.45, 2.75) is 37.6 Å². The number of hydrogen-bond acceptors (Lipinski definition) is 5. The predicted octanol–water partition coefficient (Wildman–Crippen LogP) is 3.51. The lowest BCUT2D eigenvalue weighted by Gasteiger charge is -2.17. The van der Waals surface area contributed by atoms with E-state index in [0.717, 1.165) is 21.3 Å². The van der Waals surface area contributed by atoms with Gasteiger partial charge < -0.3 is 5.32 Å². The topological polar surface area (TPSA) is 54.9 Å². The van der Waals surface area contributed by atoms with E-state index in [1.165, 1.54) is 28.7 Å². The maximum absolute atomic E-state index is 12.1. The number of amides is 1. The Morgan fingerprint density at radius 1 is 1.29 bits per heavy atom. The molecular weight excluding hydrogens is 302 g/mol. The van der Waals surface area contributed by atoms with Crippen LogP contribution in [-0.4, -0.2) is 21.9 Å². The van der Waals surface area contributed by atoms with Crippen LogP contribution < -0.4 is 5.32 Å². The number of nitrogens with zero attached hydrogens (tertiary/aromatic N) is 2. The van der Waals surface area contributed by atoms with Gasteiger partial charge in [0.1, 0.15) is 5.01 Å². The molecule has 0 spiro atoms. The van der Waals surface area contributed by atoms with Crippen molar-refractivity contribution in [1.29, 1.82) is 0 Å². The van der Waals surface area contributed by atoms with Crippen LogP contribution >= 0.6 is 23.1 Å². The van der Waals surface area contributed by atoms with Crippen LogP contribution in [-0.2, 0) is 4.79 Å². The number of benzene rings is 1. The summed E-state index contributed by atoms with van der Waals surface area (Å²) in [5.41, 5.74) is 2.37. The second-order valence-electron chi connectivity index (χ2n) is 4.81. The third kappa shape index (κ3) is 4.82. The first-order valence-corrected chi connectivity index (χ1v) is 8.67. The van der Waals surface area contributed by atoms with Crippen molar-refractivity contribution in [3.8, 4) is 0 Å². The highest BCUT2D eigenvalue weighted by molar-refractivity contribution is 8.01. The summed E-state index contributed by atoms with van der Waals surface area (Å²) in [6, 6.07) is 8.36. The van der Waals surface area contributed by atoms with E-state index in [4.69, 9.17) is 0 Å². The fraction of sp³-hybridized carbons (Fsp3) is 0.400. The van der Waals surface area contributed by atoms with Crippen LogP contribution in [0.3, 0.4) is 0 Å². The standard InChI is InChI=1S/C15H19N3OS2/c1-4-13(12-7-5-10(2)6-8-12)16-14(19)9-20-15-18-17-11(3)21-15/h5-8,13H,4,9H2,1-3H3,(H,16,19)/t13-/m1/s1. The van der Waals surface area contributed by atoms with Gasteiger partial charge in [-0.2, -0.15) is 0 Å². The number of carbonyl (C=O) groups excluding carboxylic acids is 1. The summed E-state index contributed by atoms with van der Waals surface area (Å²) in [6.07, 6.45) is 0.872. The predicted molar refractivity (Wildman–Crippen MR) is 87.7 cm³/mol. The molecule has 112 valence electrons. The molecule has 1 amide bonds. The Labute approximate surface area is 133 Å². The van der Waals surface area contributed by atoms with Gasteiger partial charge in [-0.05, 0) is 25.8 Å². The first kappa shape index (κ1) is 16.0. The van der Waals surface area contributed by atoms with E-state index in [0.29, 0.717) is 5.75 Å². The molecule has 0 aliphatic heterocycles. The van der Waals surface area contributed by atoms with Crippen molar-refractivity contribution >= 4 is 29.0 Å². The van der Waals surface area contributed by atoms with Crippen LogP contribution in [0, 0.1) is 13.8 Å². The quantitative estimate of drug-likeness (QED) is 0.827. The molecule has 1 atom stereocenters. The van der Waals surface area contributed by atoms with Gasteiger partial charge in [0.25, 0.3) is 0 Å². The summed E-state index contributed by atoms with van der Waals surface area (Å²) >= 11 is 2.95. The first-order chi connectivity index (χ1) is 10.1. The average Bonchev–Trinajstić information content (AvgIpc) is 2.89. The molecule has 6 heteroatoms. The minimum Gasteiger partial charge on any atom is -0.349 e. The summed E-state index contributed by atoms with van der Waals surface area (Å²) < 4.78 is 0.839. The van der Waals surface area contributed by atoms with Crippen LogP contribution in [0.15, 0.2) is 28.6 Å². The molecule has 0 unspecified atom stereocenters. The zero-order chi connectivity index (χ0) is 15.2. The Bertz CT molecular complexity index is 595. The smallest absolute Gasteiger partial charge is 0.230 e. The van der Waals surface area contributed by atoms with Crippen molar-refractivity contribution < 1.29 is 4.79 Å². The Kier molecular flexibility index (Phi) is 5.76. The Morgan fingerprint density at radius 3 is 2.57 bits per heavy atom. The second kappa shape index (κ2) is 7.56. The van der Waals surface area contributed by atoms with Crippen LogP contribution in [0.25, 0.3) is 0 Å². The van der Waals surface area contributed by atoms with Crippen molar-refractivity contribution in [2.75, 3.05) is 5.75 Å². The zero-order valence-corrected chi connectivity index (χ0v) is 14.1. The molecule has 1 aromatic carbocycles. The summed E-state index contributed by atoms with van der Waals surface area (Å²) in [4.78, 5) is 12.1. The van der Waals surface area contributed by atoms with Crippen molar-refractivity contribution in [3.63, 3.8) is 0 Å². The van der Waals surface area contributed by atoms with Crippen molar-refractivity contribution in [3.05, 3.63) is 40.4 Å². The molecule has 21 heavy (non-hydrogen) atoms. The minimum atomic E-state index is 0.0280. The van der Waals surface area contributed by atoms with Gasteiger partial charge in [0, 0.05) is 0 Å². The fourth-order valence-corrected chi connectivity index (χ4v) is 3.55. The summed E-state index contributed by atoms with van der Waals surface area (Å²) in [7, 11) is 0. The molecule has 0 saturated heterocycles. The molecule has 1 heterocycles. The third-order valence-electron chi connectivity index (χ3n) is 3.06. The highest BCUT2D eigenvalue weighted by Crippen LogP contribution is 2.22. The van der Waals surface area contributed by atoms with E-state index < -0.39 is 0 Å². The summed E-state index contributed by atoms with van der Waals surface area (Å²) in [5, 5.41) is 11.9. The molecular formula is C15H19N3OS2. The van der Waals surface area contributed by atoms with Crippen molar-refractivity contribution in [1.82, 2.24) is 15.5 Å². The number of thioether (sulfide) groups is 1. The third-order valence-corrected chi connectivity index (χ3v) is 5.03. The molecule has 1 N–H and O–H groups in total. The number of aromatic nitrogens is 2. The van der Waals surface area contributed by atoms with E-state index in [2.05, 4.69) is 53.6 Å².